The number of rotatable bonds is 4. The molecule has 0 aromatic heterocycles. The smallest absolute Gasteiger partial charge is 0.165 e. The van der Waals surface area contributed by atoms with Crippen molar-refractivity contribution >= 4 is 28.9 Å². The lowest BCUT2D eigenvalue weighted by molar-refractivity contribution is 0.386. The van der Waals surface area contributed by atoms with Crippen LogP contribution in [0.15, 0.2) is 30.3 Å². The molecule has 2 aromatic rings. The Hall–Kier alpha value is -1.65. The summed E-state index contributed by atoms with van der Waals surface area (Å²) < 4.78 is 18.6. The van der Waals surface area contributed by atoms with Crippen molar-refractivity contribution in [3.05, 3.63) is 51.8 Å². The van der Waals surface area contributed by atoms with E-state index in [4.69, 9.17) is 27.9 Å². The number of phenols is 1. The normalized spacial score (nSPS) is 12.0. The summed E-state index contributed by atoms with van der Waals surface area (Å²) in [6.07, 6.45) is 0. The average Bonchev–Trinajstić information content (AvgIpc) is 2.44. The van der Waals surface area contributed by atoms with Crippen LogP contribution in [0.5, 0.6) is 11.5 Å². The second kappa shape index (κ2) is 6.41. The van der Waals surface area contributed by atoms with E-state index in [9.17, 15) is 9.50 Å². The van der Waals surface area contributed by atoms with E-state index >= 15 is 0 Å². The lowest BCUT2D eigenvalue weighted by Crippen LogP contribution is -2.07. The molecule has 6 heteroatoms. The van der Waals surface area contributed by atoms with Gasteiger partial charge in [-0.1, -0.05) is 29.3 Å². The molecule has 2 aromatic carbocycles. The third-order valence-corrected chi connectivity index (χ3v) is 3.65. The minimum Gasteiger partial charge on any atom is -0.505 e. The fourth-order valence-electron chi connectivity index (χ4n) is 1.93. The first-order valence-corrected chi connectivity index (χ1v) is 6.96. The molecule has 0 aliphatic rings. The second-order valence-electron chi connectivity index (χ2n) is 4.55. The maximum absolute atomic E-state index is 13.7. The highest BCUT2D eigenvalue weighted by atomic mass is 35.5. The number of phenolic OH excluding ortho intramolecular Hbond substituents is 1. The maximum atomic E-state index is 13.7. The SMILES string of the molecule is COc1ccc(C(C)Nc2cc(Cl)c(O)c(Cl)c2)cc1F. The van der Waals surface area contributed by atoms with Crippen LogP contribution < -0.4 is 10.1 Å². The topological polar surface area (TPSA) is 41.5 Å². The van der Waals surface area contributed by atoms with E-state index in [-0.39, 0.29) is 27.6 Å². The van der Waals surface area contributed by atoms with Gasteiger partial charge in [-0.25, -0.2) is 4.39 Å². The minimum absolute atomic E-state index is 0.151. The van der Waals surface area contributed by atoms with Gasteiger partial charge in [0.05, 0.1) is 17.2 Å². The van der Waals surface area contributed by atoms with Crippen molar-refractivity contribution in [3.8, 4) is 11.5 Å². The standard InChI is InChI=1S/C15H14Cl2FNO2/c1-8(9-3-4-14(21-2)13(18)5-9)19-10-6-11(16)15(20)12(17)7-10/h3-8,19-20H,1-2H3. The monoisotopic (exact) mass is 329 g/mol. The molecule has 0 saturated carbocycles. The van der Waals surface area contributed by atoms with Gasteiger partial charge in [0, 0.05) is 11.7 Å². The summed E-state index contributed by atoms with van der Waals surface area (Å²) in [6, 6.07) is 7.67. The molecule has 0 heterocycles. The first-order valence-electron chi connectivity index (χ1n) is 6.20. The molecule has 1 unspecified atom stereocenters. The number of nitrogens with one attached hydrogen (secondary N) is 1. The van der Waals surface area contributed by atoms with E-state index in [2.05, 4.69) is 5.32 Å². The van der Waals surface area contributed by atoms with Crippen LogP contribution in [0.4, 0.5) is 10.1 Å². The third-order valence-electron chi connectivity index (χ3n) is 3.08. The molecular formula is C15H14Cl2FNO2. The second-order valence-corrected chi connectivity index (χ2v) is 5.36. The van der Waals surface area contributed by atoms with Gasteiger partial charge < -0.3 is 15.2 Å². The minimum atomic E-state index is -0.426. The van der Waals surface area contributed by atoms with E-state index in [0.29, 0.717) is 5.69 Å². The largest absolute Gasteiger partial charge is 0.505 e. The van der Waals surface area contributed by atoms with E-state index in [1.165, 1.54) is 13.2 Å². The van der Waals surface area contributed by atoms with Gasteiger partial charge in [0.25, 0.3) is 0 Å². The van der Waals surface area contributed by atoms with Gasteiger partial charge in [-0.3, -0.25) is 0 Å². The summed E-state index contributed by atoms with van der Waals surface area (Å²) in [7, 11) is 1.42. The maximum Gasteiger partial charge on any atom is 0.165 e. The first-order chi connectivity index (χ1) is 9.92. The van der Waals surface area contributed by atoms with E-state index in [0.717, 1.165) is 5.56 Å². The quantitative estimate of drug-likeness (QED) is 0.774. The van der Waals surface area contributed by atoms with Crippen molar-refractivity contribution in [1.29, 1.82) is 0 Å². The number of hydrogen-bond donors (Lipinski definition) is 2. The summed E-state index contributed by atoms with van der Waals surface area (Å²) in [6.45, 7) is 1.87. The van der Waals surface area contributed by atoms with Crippen molar-refractivity contribution in [2.45, 2.75) is 13.0 Å². The number of anilines is 1. The lowest BCUT2D eigenvalue weighted by Gasteiger charge is -2.17. The van der Waals surface area contributed by atoms with Crippen molar-refractivity contribution in [2.75, 3.05) is 12.4 Å². The van der Waals surface area contributed by atoms with E-state index < -0.39 is 5.82 Å². The van der Waals surface area contributed by atoms with Gasteiger partial charge in [0.15, 0.2) is 17.3 Å². The van der Waals surface area contributed by atoms with Crippen molar-refractivity contribution < 1.29 is 14.2 Å². The highest BCUT2D eigenvalue weighted by Gasteiger charge is 2.12. The molecule has 21 heavy (non-hydrogen) atoms. The Morgan fingerprint density at radius 3 is 2.33 bits per heavy atom. The molecule has 0 saturated heterocycles. The fraction of sp³-hybridized carbons (Fsp3) is 0.200. The molecule has 0 radical (unpaired) electrons. The Balaban J connectivity index is 2.21. The molecule has 0 amide bonds. The number of benzene rings is 2. The number of halogens is 3. The number of aromatic hydroxyl groups is 1. The number of hydrogen-bond acceptors (Lipinski definition) is 3. The zero-order valence-corrected chi connectivity index (χ0v) is 13.0. The highest BCUT2D eigenvalue weighted by molar-refractivity contribution is 6.37. The predicted octanol–water partition coefficient (Wildman–Crippen LogP) is 5.02. The van der Waals surface area contributed by atoms with Gasteiger partial charge in [-0.15, -0.1) is 0 Å². The van der Waals surface area contributed by atoms with Gasteiger partial charge in [0.2, 0.25) is 0 Å². The molecule has 3 nitrogen and oxygen atoms in total. The Labute approximate surface area is 132 Å². The summed E-state index contributed by atoms with van der Waals surface area (Å²) in [5.41, 5.74) is 1.38. The van der Waals surface area contributed by atoms with Gasteiger partial charge in [-0.05, 0) is 36.8 Å². The number of methoxy groups -OCH3 is 1. The van der Waals surface area contributed by atoms with Crippen LogP contribution in [0.25, 0.3) is 0 Å². The zero-order chi connectivity index (χ0) is 15.6. The van der Waals surface area contributed by atoms with Crippen LogP contribution in [-0.4, -0.2) is 12.2 Å². The molecule has 112 valence electrons. The molecule has 2 rings (SSSR count). The van der Waals surface area contributed by atoms with Crippen LogP contribution in [0.1, 0.15) is 18.5 Å². The summed E-state index contributed by atoms with van der Waals surface area (Å²) in [5.74, 6) is -0.390. The van der Waals surface area contributed by atoms with Gasteiger partial charge in [0.1, 0.15) is 0 Å². The van der Waals surface area contributed by atoms with Crippen LogP contribution in [0.2, 0.25) is 10.0 Å². The van der Waals surface area contributed by atoms with Crippen LogP contribution >= 0.6 is 23.2 Å². The fourth-order valence-corrected chi connectivity index (χ4v) is 2.42. The molecular weight excluding hydrogens is 316 g/mol. The molecule has 1 atom stereocenters. The molecule has 0 bridgehead atoms. The van der Waals surface area contributed by atoms with E-state index in [1.807, 2.05) is 6.92 Å². The lowest BCUT2D eigenvalue weighted by atomic mass is 10.1. The van der Waals surface area contributed by atoms with Crippen molar-refractivity contribution in [2.24, 2.45) is 0 Å². The molecule has 0 aliphatic heterocycles. The van der Waals surface area contributed by atoms with E-state index in [1.54, 1.807) is 24.3 Å². The third kappa shape index (κ3) is 3.52. The Kier molecular flexibility index (Phi) is 4.80. The molecule has 2 N–H and O–H groups in total. The summed E-state index contributed by atoms with van der Waals surface area (Å²) >= 11 is 11.7. The molecule has 0 fully saturated rings. The van der Waals surface area contributed by atoms with Crippen molar-refractivity contribution in [3.63, 3.8) is 0 Å². The number of ether oxygens (including phenoxy) is 1. The Bertz CT molecular complexity index is 641. The Morgan fingerprint density at radius 1 is 1.19 bits per heavy atom. The van der Waals surface area contributed by atoms with Crippen LogP contribution in [0.3, 0.4) is 0 Å². The summed E-state index contributed by atoms with van der Waals surface area (Å²) in [4.78, 5) is 0. The zero-order valence-electron chi connectivity index (χ0n) is 11.5. The van der Waals surface area contributed by atoms with Crippen LogP contribution in [0, 0.1) is 5.82 Å². The average molecular weight is 330 g/mol. The first kappa shape index (κ1) is 15.7. The van der Waals surface area contributed by atoms with Gasteiger partial charge >= 0.3 is 0 Å². The van der Waals surface area contributed by atoms with Crippen molar-refractivity contribution in [1.82, 2.24) is 0 Å². The summed E-state index contributed by atoms with van der Waals surface area (Å²) in [5, 5.41) is 13.0. The highest BCUT2D eigenvalue weighted by Crippen LogP contribution is 2.35. The van der Waals surface area contributed by atoms with Crippen LogP contribution in [-0.2, 0) is 0 Å². The molecule has 0 aliphatic carbocycles. The molecule has 0 spiro atoms. The predicted molar refractivity (Wildman–Crippen MR) is 83.1 cm³/mol. The Morgan fingerprint density at radius 2 is 1.81 bits per heavy atom. The van der Waals surface area contributed by atoms with Gasteiger partial charge in [-0.2, -0.15) is 0 Å².